The minimum atomic E-state index is -4.43. The lowest BCUT2D eigenvalue weighted by atomic mass is 9.82. The molecule has 3 aromatic rings. The van der Waals surface area contributed by atoms with Gasteiger partial charge in [-0.25, -0.2) is 9.18 Å². The molecule has 1 N–H and O–H groups in total. The molecule has 2 aliphatic rings. The van der Waals surface area contributed by atoms with E-state index in [0.29, 0.717) is 56.7 Å². The van der Waals surface area contributed by atoms with Gasteiger partial charge in [-0.05, 0) is 55.2 Å². The van der Waals surface area contributed by atoms with Gasteiger partial charge >= 0.3 is 12.2 Å². The quantitative estimate of drug-likeness (QED) is 0.416. The zero-order valence-electron chi connectivity index (χ0n) is 20.6. The Morgan fingerprint density at radius 3 is 2.34 bits per heavy atom. The van der Waals surface area contributed by atoms with Crippen LogP contribution in [0.5, 0.6) is 0 Å². The van der Waals surface area contributed by atoms with Crippen LogP contribution in [0.2, 0.25) is 0 Å². The maximum absolute atomic E-state index is 14.3. The number of nitriles is 1. The average Bonchev–Trinajstić information content (AvgIpc) is 3.42. The summed E-state index contributed by atoms with van der Waals surface area (Å²) in [6.07, 6.45) is -2.60. The Labute approximate surface area is 217 Å². The van der Waals surface area contributed by atoms with Gasteiger partial charge < -0.3 is 9.80 Å². The number of benzene rings is 2. The molecular formula is C28H27F4N5O. The van der Waals surface area contributed by atoms with Crippen LogP contribution < -0.4 is 0 Å². The summed E-state index contributed by atoms with van der Waals surface area (Å²) in [7, 11) is 0. The van der Waals surface area contributed by atoms with Crippen molar-refractivity contribution in [1.82, 2.24) is 20.0 Å². The maximum Gasteiger partial charge on any atom is 0.416 e. The molecule has 2 aliphatic heterocycles. The summed E-state index contributed by atoms with van der Waals surface area (Å²) < 4.78 is 53.7. The molecule has 0 saturated carbocycles. The number of aromatic nitrogens is 2. The number of amides is 2. The summed E-state index contributed by atoms with van der Waals surface area (Å²) in [5.74, 6) is -0.828. The second kappa shape index (κ2) is 10.5. The number of alkyl halides is 3. The summed E-state index contributed by atoms with van der Waals surface area (Å²) in [5.41, 5.74) is 1.55. The van der Waals surface area contributed by atoms with Crippen LogP contribution in [-0.4, -0.2) is 52.2 Å². The van der Waals surface area contributed by atoms with Crippen LogP contribution in [0.15, 0.2) is 54.6 Å². The molecule has 0 bridgehead atoms. The molecule has 0 radical (unpaired) electrons. The van der Waals surface area contributed by atoms with Gasteiger partial charge in [0.25, 0.3) is 0 Å². The number of nitrogens with zero attached hydrogens (tertiary/aromatic N) is 4. The molecule has 2 atom stereocenters. The van der Waals surface area contributed by atoms with Crippen LogP contribution in [-0.2, 0) is 6.18 Å². The SMILES string of the molecule is N#CC1CCN(C(=O)N2CC(c3ccc(C(F)(F)F)cc3)CC(c3cc(-c4ccccc4F)n[nH]3)C2)CC1. The number of rotatable bonds is 3. The largest absolute Gasteiger partial charge is 0.416 e. The summed E-state index contributed by atoms with van der Waals surface area (Å²) >= 11 is 0. The molecular weight excluding hydrogens is 498 g/mol. The minimum Gasteiger partial charge on any atom is -0.325 e. The minimum absolute atomic E-state index is 0.0603. The van der Waals surface area contributed by atoms with E-state index in [2.05, 4.69) is 16.3 Å². The van der Waals surface area contributed by atoms with E-state index in [1.54, 1.807) is 34.1 Å². The first kappa shape index (κ1) is 25.8. The number of likely N-dealkylation sites (tertiary alicyclic amines) is 2. The van der Waals surface area contributed by atoms with Crippen molar-refractivity contribution < 1.29 is 22.4 Å². The monoisotopic (exact) mass is 525 g/mol. The third kappa shape index (κ3) is 5.37. The molecule has 3 heterocycles. The van der Waals surface area contributed by atoms with E-state index in [9.17, 15) is 27.6 Å². The van der Waals surface area contributed by atoms with Gasteiger partial charge in [0.05, 0.1) is 17.3 Å². The van der Waals surface area contributed by atoms with Crippen molar-refractivity contribution in [3.63, 3.8) is 0 Å². The van der Waals surface area contributed by atoms with Gasteiger partial charge in [-0.15, -0.1) is 0 Å². The number of nitrogens with one attached hydrogen (secondary N) is 1. The molecule has 2 aromatic carbocycles. The lowest BCUT2D eigenvalue weighted by Crippen LogP contribution is -2.51. The number of halogens is 4. The molecule has 6 nitrogen and oxygen atoms in total. The van der Waals surface area contributed by atoms with E-state index in [-0.39, 0.29) is 23.8 Å². The van der Waals surface area contributed by atoms with Gasteiger partial charge in [-0.2, -0.15) is 23.5 Å². The topological polar surface area (TPSA) is 76.0 Å². The van der Waals surface area contributed by atoms with Gasteiger partial charge in [0, 0.05) is 55.2 Å². The van der Waals surface area contributed by atoms with Crippen molar-refractivity contribution in [2.45, 2.75) is 37.3 Å². The fourth-order valence-corrected chi connectivity index (χ4v) is 5.42. The number of urea groups is 1. The highest BCUT2D eigenvalue weighted by molar-refractivity contribution is 5.75. The maximum atomic E-state index is 14.3. The predicted molar refractivity (Wildman–Crippen MR) is 132 cm³/mol. The van der Waals surface area contributed by atoms with Gasteiger partial charge in [-0.1, -0.05) is 24.3 Å². The Hall–Kier alpha value is -3.87. The summed E-state index contributed by atoms with van der Waals surface area (Å²) in [6, 6.07) is 15.3. The van der Waals surface area contributed by atoms with E-state index in [1.165, 1.54) is 18.2 Å². The number of aromatic amines is 1. The highest BCUT2D eigenvalue weighted by atomic mass is 19.4. The number of hydrogen-bond donors (Lipinski definition) is 1. The Balaban J connectivity index is 1.41. The van der Waals surface area contributed by atoms with Gasteiger partial charge in [0.1, 0.15) is 5.82 Å². The molecule has 10 heteroatoms. The van der Waals surface area contributed by atoms with Crippen LogP contribution in [0, 0.1) is 23.1 Å². The lowest BCUT2D eigenvalue weighted by molar-refractivity contribution is -0.137. The van der Waals surface area contributed by atoms with Gasteiger partial charge in [-0.3, -0.25) is 5.10 Å². The number of H-pyrrole nitrogens is 1. The van der Waals surface area contributed by atoms with Crippen molar-refractivity contribution in [2.75, 3.05) is 26.2 Å². The van der Waals surface area contributed by atoms with Gasteiger partial charge in [0.2, 0.25) is 0 Å². The van der Waals surface area contributed by atoms with Crippen LogP contribution in [0.1, 0.15) is 47.9 Å². The first-order valence-electron chi connectivity index (χ1n) is 12.6. The standard InChI is InChI=1S/C28H27F4N5O/c29-24-4-2-1-3-23(24)26-14-25(34-35-26)21-13-20(19-5-7-22(8-6-19)28(30,31)32)16-37(17-21)27(38)36-11-9-18(15-33)10-12-36/h1-8,14,18,20-21H,9-13,16-17H2,(H,34,35). The molecule has 0 spiro atoms. The fourth-order valence-electron chi connectivity index (χ4n) is 5.42. The van der Waals surface area contributed by atoms with E-state index in [4.69, 9.17) is 0 Å². The number of carbonyl (C=O) groups excluding carboxylic acids is 1. The lowest BCUT2D eigenvalue weighted by Gasteiger charge is -2.41. The van der Waals surface area contributed by atoms with E-state index in [1.807, 2.05) is 0 Å². The van der Waals surface area contributed by atoms with Crippen molar-refractivity contribution in [3.8, 4) is 17.3 Å². The van der Waals surface area contributed by atoms with Gasteiger partial charge in [0.15, 0.2) is 0 Å². The Bertz CT molecular complexity index is 1320. The first-order chi connectivity index (χ1) is 18.2. The molecule has 2 unspecified atom stereocenters. The van der Waals surface area contributed by atoms with Crippen molar-refractivity contribution in [1.29, 1.82) is 5.26 Å². The predicted octanol–water partition coefficient (Wildman–Crippen LogP) is 6.16. The second-order valence-electron chi connectivity index (χ2n) is 10.0. The Morgan fingerprint density at radius 1 is 1.00 bits per heavy atom. The van der Waals surface area contributed by atoms with E-state index >= 15 is 0 Å². The summed E-state index contributed by atoms with van der Waals surface area (Å²) in [5, 5.41) is 16.5. The van der Waals surface area contributed by atoms with E-state index in [0.717, 1.165) is 23.4 Å². The summed E-state index contributed by atoms with van der Waals surface area (Å²) in [6.45, 7) is 1.75. The molecule has 1 aromatic heterocycles. The highest BCUT2D eigenvalue weighted by Gasteiger charge is 2.36. The smallest absolute Gasteiger partial charge is 0.325 e. The Kier molecular flexibility index (Phi) is 7.11. The average molecular weight is 526 g/mol. The zero-order chi connectivity index (χ0) is 26.9. The molecule has 5 rings (SSSR count). The number of piperidine rings is 2. The number of carbonyl (C=O) groups is 1. The molecule has 2 amide bonds. The van der Waals surface area contributed by atoms with Crippen LogP contribution in [0.25, 0.3) is 11.3 Å². The van der Waals surface area contributed by atoms with Crippen LogP contribution in [0.4, 0.5) is 22.4 Å². The molecule has 2 fully saturated rings. The normalized spacial score (nSPS) is 20.8. The molecule has 0 aliphatic carbocycles. The van der Waals surface area contributed by atoms with Crippen LogP contribution in [0.3, 0.4) is 0 Å². The van der Waals surface area contributed by atoms with Crippen molar-refractivity contribution in [2.24, 2.45) is 5.92 Å². The molecule has 38 heavy (non-hydrogen) atoms. The molecule has 198 valence electrons. The second-order valence-corrected chi connectivity index (χ2v) is 10.0. The summed E-state index contributed by atoms with van der Waals surface area (Å²) in [4.78, 5) is 17.0. The zero-order valence-corrected chi connectivity index (χ0v) is 20.6. The van der Waals surface area contributed by atoms with Crippen LogP contribution >= 0.6 is 0 Å². The first-order valence-corrected chi connectivity index (χ1v) is 12.6. The Morgan fingerprint density at radius 2 is 1.68 bits per heavy atom. The van der Waals surface area contributed by atoms with Crippen molar-refractivity contribution in [3.05, 3.63) is 77.2 Å². The fraction of sp³-hybridized carbons (Fsp3) is 0.393. The van der Waals surface area contributed by atoms with E-state index < -0.39 is 17.6 Å². The third-order valence-corrected chi connectivity index (χ3v) is 7.57. The van der Waals surface area contributed by atoms with Crippen molar-refractivity contribution >= 4 is 6.03 Å². The highest BCUT2D eigenvalue weighted by Crippen LogP contribution is 2.38. The third-order valence-electron chi connectivity index (χ3n) is 7.57. The number of hydrogen-bond acceptors (Lipinski definition) is 3. The molecule has 2 saturated heterocycles.